The van der Waals surface area contributed by atoms with Crippen LogP contribution in [0.4, 0.5) is 0 Å². The molecule has 1 aliphatic rings. The van der Waals surface area contributed by atoms with Crippen molar-refractivity contribution in [2.75, 3.05) is 13.4 Å². The molecule has 2 heteroatoms. The van der Waals surface area contributed by atoms with Gasteiger partial charge in [-0.05, 0) is 32.1 Å². The molecule has 0 bridgehead atoms. The lowest BCUT2D eigenvalue weighted by Gasteiger charge is -2.40. The zero-order valence-electron chi connectivity index (χ0n) is 14.6. The molecule has 0 aromatic heterocycles. The third-order valence-electron chi connectivity index (χ3n) is 5.00. The molecule has 0 unspecified atom stereocenters. The largest absolute Gasteiger partial charge is 0.355 e. The maximum atomic E-state index is 5.88. The van der Waals surface area contributed by atoms with E-state index in [9.17, 15) is 0 Å². The fourth-order valence-electron chi connectivity index (χ4n) is 3.09. The van der Waals surface area contributed by atoms with Crippen LogP contribution < -0.4 is 0 Å². The summed E-state index contributed by atoms with van der Waals surface area (Å²) >= 11 is 0. The Kier molecular flexibility index (Phi) is 11.3. The average molecular weight is 299 g/mol. The van der Waals surface area contributed by atoms with E-state index in [1.54, 1.807) is 0 Å². The molecule has 0 radical (unpaired) electrons. The van der Waals surface area contributed by atoms with Crippen molar-refractivity contribution in [3.8, 4) is 0 Å². The minimum atomic E-state index is 0.178. The van der Waals surface area contributed by atoms with Crippen molar-refractivity contribution in [2.24, 2.45) is 0 Å². The van der Waals surface area contributed by atoms with E-state index < -0.39 is 0 Å². The summed E-state index contributed by atoms with van der Waals surface area (Å²) in [5.74, 6) is 0. The highest BCUT2D eigenvalue weighted by atomic mass is 16.7. The minimum absolute atomic E-state index is 0.178. The van der Waals surface area contributed by atoms with E-state index in [0.717, 1.165) is 13.0 Å². The molecule has 0 saturated heterocycles. The van der Waals surface area contributed by atoms with E-state index in [2.05, 4.69) is 13.8 Å². The Morgan fingerprint density at radius 2 is 1.33 bits per heavy atom. The van der Waals surface area contributed by atoms with Gasteiger partial charge in [0.1, 0.15) is 6.79 Å². The second-order valence-electron chi connectivity index (χ2n) is 6.74. The molecule has 2 nitrogen and oxygen atoms in total. The van der Waals surface area contributed by atoms with Gasteiger partial charge in [-0.1, -0.05) is 71.6 Å². The van der Waals surface area contributed by atoms with Crippen molar-refractivity contribution in [1.29, 1.82) is 0 Å². The summed E-state index contributed by atoms with van der Waals surface area (Å²) < 4.78 is 11.5. The molecule has 0 spiro atoms. The van der Waals surface area contributed by atoms with Gasteiger partial charge in [0, 0.05) is 6.61 Å². The van der Waals surface area contributed by atoms with Crippen LogP contribution in [0.2, 0.25) is 0 Å². The Labute approximate surface area is 133 Å². The number of hydrogen-bond acceptors (Lipinski definition) is 2. The number of hydrogen-bond donors (Lipinski definition) is 0. The second kappa shape index (κ2) is 12.5. The fraction of sp³-hybridized carbons (Fsp3) is 1.00. The second-order valence-corrected chi connectivity index (χ2v) is 6.74. The van der Waals surface area contributed by atoms with Crippen molar-refractivity contribution >= 4 is 0 Å². The number of ether oxygens (including phenoxy) is 2. The first kappa shape index (κ1) is 19.0. The molecule has 0 atom stereocenters. The molecule has 0 amide bonds. The van der Waals surface area contributed by atoms with Crippen LogP contribution in [0.25, 0.3) is 0 Å². The van der Waals surface area contributed by atoms with Gasteiger partial charge in [-0.2, -0.15) is 0 Å². The van der Waals surface area contributed by atoms with Crippen molar-refractivity contribution in [2.45, 2.75) is 109 Å². The molecule has 1 fully saturated rings. The van der Waals surface area contributed by atoms with E-state index >= 15 is 0 Å². The quantitative estimate of drug-likeness (QED) is 0.263. The van der Waals surface area contributed by atoms with Gasteiger partial charge < -0.3 is 9.47 Å². The summed E-state index contributed by atoms with van der Waals surface area (Å²) in [5.41, 5.74) is 0.178. The lowest BCUT2D eigenvalue weighted by Crippen LogP contribution is -2.39. The minimum Gasteiger partial charge on any atom is -0.355 e. The molecule has 0 heterocycles. The van der Waals surface area contributed by atoms with E-state index in [0.29, 0.717) is 6.79 Å². The predicted octanol–water partition coefficient (Wildman–Crippen LogP) is 6.23. The molecule has 1 rings (SSSR count). The lowest BCUT2D eigenvalue weighted by atomic mass is 9.78. The van der Waals surface area contributed by atoms with Crippen LogP contribution in [-0.2, 0) is 9.47 Å². The van der Waals surface area contributed by atoms with E-state index in [1.165, 1.54) is 83.5 Å². The van der Waals surface area contributed by atoms with Crippen LogP contribution in [0, 0.1) is 0 Å². The maximum absolute atomic E-state index is 5.88. The summed E-state index contributed by atoms with van der Waals surface area (Å²) in [4.78, 5) is 0. The molecule has 0 aromatic carbocycles. The van der Waals surface area contributed by atoms with Gasteiger partial charge in [0.15, 0.2) is 0 Å². The SMILES string of the molecule is CCCCCCCCCCCCOCOC1(CC)CCC1. The molecule has 0 aliphatic heterocycles. The summed E-state index contributed by atoms with van der Waals surface area (Å²) in [6.45, 7) is 5.88. The van der Waals surface area contributed by atoms with Crippen LogP contribution in [0.15, 0.2) is 0 Å². The third kappa shape index (κ3) is 8.83. The standard InChI is InChI=1S/C19H38O2/c1-3-5-6-7-8-9-10-11-12-13-17-20-18-21-19(4-2)15-14-16-19/h3-18H2,1-2H3. The monoisotopic (exact) mass is 298 g/mol. The van der Waals surface area contributed by atoms with E-state index in [4.69, 9.17) is 9.47 Å². The molecule has 21 heavy (non-hydrogen) atoms. The van der Waals surface area contributed by atoms with Gasteiger partial charge in [-0.25, -0.2) is 0 Å². The zero-order chi connectivity index (χ0) is 15.2. The Hall–Kier alpha value is -0.0800. The molecule has 126 valence electrons. The molecular weight excluding hydrogens is 260 g/mol. The van der Waals surface area contributed by atoms with Gasteiger partial charge in [-0.3, -0.25) is 0 Å². The summed E-state index contributed by atoms with van der Waals surface area (Å²) in [5, 5.41) is 0. The number of unbranched alkanes of at least 4 members (excludes halogenated alkanes) is 9. The van der Waals surface area contributed by atoms with Crippen LogP contribution >= 0.6 is 0 Å². The third-order valence-corrected chi connectivity index (χ3v) is 5.00. The van der Waals surface area contributed by atoms with Gasteiger partial charge in [0.25, 0.3) is 0 Å². The average Bonchev–Trinajstić information content (AvgIpc) is 2.46. The van der Waals surface area contributed by atoms with Gasteiger partial charge >= 0.3 is 0 Å². The maximum Gasteiger partial charge on any atom is 0.147 e. The van der Waals surface area contributed by atoms with Crippen molar-refractivity contribution < 1.29 is 9.47 Å². The molecule has 0 aromatic rings. The normalized spacial score (nSPS) is 16.9. The highest BCUT2D eigenvalue weighted by molar-refractivity contribution is 4.87. The highest BCUT2D eigenvalue weighted by Gasteiger charge is 2.35. The van der Waals surface area contributed by atoms with Gasteiger partial charge in [0.2, 0.25) is 0 Å². The first-order valence-electron chi connectivity index (χ1n) is 9.55. The van der Waals surface area contributed by atoms with Crippen LogP contribution in [0.3, 0.4) is 0 Å². The Bertz CT molecular complexity index is 218. The smallest absolute Gasteiger partial charge is 0.147 e. The first-order valence-corrected chi connectivity index (χ1v) is 9.55. The Balaban J connectivity index is 1.73. The van der Waals surface area contributed by atoms with E-state index in [1.807, 2.05) is 0 Å². The highest BCUT2D eigenvalue weighted by Crippen LogP contribution is 2.38. The molecular formula is C19H38O2. The number of rotatable bonds is 15. The fourth-order valence-corrected chi connectivity index (χ4v) is 3.09. The Morgan fingerprint density at radius 1 is 0.762 bits per heavy atom. The van der Waals surface area contributed by atoms with Crippen LogP contribution in [0.1, 0.15) is 104 Å². The lowest BCUT2D eigenvalue weighted by molar-refractivity contribution is -0.175. The summed E-state index contributed by atoms with van der Waals surface area (Å²) in [6.07, 6.45) is 18.7. The molecule has 1 aliphatic carbocycles. The topological polar surface area (TPSA) is 18.5 Å². The first-order chi connectivity index (χ1) is 10.3. The van der Waals surface area contributed by atoms with Crippen LogP contribution in [0.5, 0.6) is 0 Å². The molecule has 0 N–H and O–H groups in total. The van der Waals surface area contributed by atoms with Gasteiger partial charge in [0.05, 0.1) is 5.60 Å². The van der Waals surface area contributed by atoms with Crippen molar-refractivity contribution in [1.82, 2.24) is 0 Å². The van der Waals surface area contributed by atoms with Crippen molar-refractivity contribution in [3.05, 3.63) is 0 Å². The van der Waals surface area contributed by atoms with Gasteiger partial charge in [-0.15, -0.1) is 0 Å². The molecule has 1 saturated carbocycles. The van der Waals surface area contributed by atoms with E-state index in [-0.39, 0.29) is 5.60 Å². The summed E-state index contributed by atoms with van der Waals surface area (Å²) in [7, 11) is 0. The predicted molar refractivity (Wildman–Crippen MR) is 90.6 cm³/mol. The summed E-state index contributed by atoms with van der Waals surface area (Å²) in [6, 6.07) is 0. The van der Waals surface area contributed by atoms with Crippen molar-refractivity contribution in [3.63, 3.8) is 0 Å². The zero-order valence-corrected chi connectivity index (χ0v) is 14.6. The van der Waals surface area contributed by atoms with Crippen LogP contribution in [-0.4, -0.2) is 19.0 Å². The Morgan fingerprint density at radius 3 is 1.81 bits per heavy atom.